The van der Waals surface area contributed by atoms with E-state index in [-0.39, 0.29) is 17.7 Å². The molecule has 3 heterocycles. The predicted octanol–water partition coefficient (Wildman–Crippen LogP) is 2.96. The number of thiophene rings is 1. The lowest BCUT2D eigenvalue weighted by Gasteiger charge is -2.17. The number of carbonyl (C=O) groups excluding carboxylic acids is 2. The largest absolute Gasteiger partial charge is 0.356 e. The van der Waals surface area contributed by atoms with Crippen LogP contribution in [0.5, 0.6) is 0 Å². The number of nitrogens with zero attached hydrogens (tertiary/aromatic N) is 2. The van der Waals surface area contributed by atoms with E-state index in [1.807, 2.05) is 22.4 Å². The van der Waals surface area contributed by atoms with Crippen LogP contribution in [-0.4, -0.2) is 41.3 Å². The number of nitriles is 1. The molecule has 0 bridgehead atoms. The fraction of sp³-hybridized carbons (Fsp3) is 0.421. The van der Waals surface area contributed by atoms with Crippen LogP contribution in [0.25, 0.3) is 0 Å². The Balaban J connectivity index is 1.54. The smallest absolute Gasteiger partial charge is 0.267 e. The number of likely N-dealkylation sites (tertiary alicyclic amines) is 1. The highest BCUT2D eigenvalue weighted by molar-refractivity contribution is 7.12. The Kier molecular flexibility index (Phi) is 5.43. The number of rotatable bonds is 5. The topological polar surface area (TPSA) is 89.0 Å². The van der Waals surface area contributed by atoms with Crippen molar-refractivity contribution in [3.63, 3.8) is 0 Å². The summed E-state index contributed by atoms with van der Waals surface area (Å²) in [6, 6.07) is 5.55. The van der Waals surface area contributed by atoms with E-state index < -0.39 is 0 Å². The number of hydrogen-bond donors (Lipinski definition) is 2. The molecule has 0 spiro atoms. The second-order valence-corrected chi connectivity index (χ2v) is 7.81. The van der Waals surface area contributed by atoms with E-state index in [0.29, 0.717) is 30.3 Å². The zero-order chi connectivity index (χ0) is 18.7. The maximum Gasteiger partial charge on any atom is 0.267 e. The standard InChI is InChI=1S/C19H22N4O2S/c1-12(2)15-4-6-26-17(15)19(25)23-5-3-13(11-23)9-22-18(24)16-7-14(8-20)10-21-16/h4,6-7,10,12-13,21H,3,5,9,11H2,1-2H3,(H,22,24). The van der Waals surface area contributed by atoms with Gasteiger partial charge < -0.3 is 15.2 Å². The van der Waals surface area contributed by atoms with Gasteiger partial charge in [-0.2, -0.15) is 5.26 Å². The molecule has 6 nitrogen and oxygen atoms in total. The number of aromatic nitrogens is 1. The van der Waals surface area contributed by atoms with Gasteiger partial charge in [0.2, 0.25) is 0 Å². The molecule has 1 fully saturated rings. The molecule has 0 aliphatic carbocycles. The molecule has 7 heteroatoms. The van der Waals surface area contributed by atoms with E-state index in [1.165, 1.54) is 23.6 Å². The van der Waals surface area contributed by atoms with Crippen LogP contribution in [0.2, 0.25) is 0 Å². The third-order valence-corrected chi connectivity index (χ3v) is 5.61. The minimum Gasteiger partial charge on any atom is -0.356 e. The van der Waals surface area contributed by atoms with Crippen molar-refractivity contribution in [1.82, 2.24) is 15.2 Å². The zero-order valence-electron chi connectivity index (χ0n) is 14.9. The van der Waals surface area contributed by atoms with Gasteiger partial charge in [0.15, 0.2) is 0 Å². The van der Waals surface area contributed by atoms with Crippen molar-refractivity contribution < 1.29 is 9.59 Å². The third-order valence-electron chi connectivity index (χ3n) is 4.69. The minimum atomic E-state index is -0.225. The lowest BCUT2D eigenvalue weighted by molar-refractivity contribution is 0.0790. The van der Waals surface area contributed by atoms with E-state index in [9.17, 15) is 9.59 Å². The highest BCUT2D eigenvalue weighted by Gasteiger charge is 2.29. The number of amides is 2. The van der Waals surface area contributed by atoms with Crippen molar-refractivity contribution >= 4 is 23.2 Å². The van der Waals surface area contributed by atoms with Crippen molar-refractivity contribution in [2.75, 3.05) is 19.6 Å². The first-order chi connectivity index (χ1) is 12.5. The molecule has 2 amide bonds. The Morgan fingerprint density at radius 3 is 3.00 bits per heavy atom. The van der Waals surface area contributed by atoms with Crippen molar-refractivity contribution in [2.24, 2.45) is 5.92 Å². The lowest BCUT2D eigenvalue weighted by Crippen LogP contribution is -2.33. The number of aromatic amines is 1. The van der Waals surface area contributed by atoms with Gasteiger partial charge in [-0.1, -0.05) is 13.8 Å². The Bertz CT molecular complexity index is 846. The third kappa shape index (κ3) is 3.81. The first kappa shape index (κ1) is 18.2. The number of nitrogens with one attached hydrogen (secondary N) is 2. The van der Waals surface area contributed by atoms with Crippen LogP contribution < -0.4 is 5.32 Å². The molecular formula is C19H22N4O2S. The Hall–Kier alpha value is -2.59. The van der Waals surface area contributed by atoms with Crippen LogP contribution in [0.15, 0.2) is 23.7 Å². The molecule has 2 aromatic heterocycles. The second kappa shape index (κ2) is 7.75. The molecule has 26 heavy (non-hydrogen) atoms. The molecule has 1 aliphatic rings. The van der Waals surface area contributed by atoms with E-state index >= 15 is 0 Å². The van der Waals surface area contributed by atoms with Crippen LogP contribution in [0, 0.1) is 17.2 Å². The predicted molar refractivity (Wildman–Crippen MR) is 100 cm³/mol. The maximum atomic E-state index is 12.8. The van der Waals surface area contributed by atoms with Gasteiger partial charge in [0.25, 0.3) is 11.8 Å². The minimum absolute atomic E-state index is 0.0977. The summed E-state index contributed by atoms with van der Waals surface area (Å²) in [5.41, 5.74) is 1.93. The molecule has 2 N–H and O–H groups in total. The van der Waals surface area contributed by atoms with Crippen LogP contribution in [0.3, 0.4) is 0 Å². The van der Waals surface area contributed by atoms with Crippen LogP contribution in [-0.2, 0) is 0 Å². The molecule has 1 atom stereocenters. The van der Waals surface area contributed by atoms with Crippen molar-refractivity contribution in [3.05, 3.63) is 45.4 Å². The van der Waals surface area contributed by atoms with Gasteiger partial charge in [0, 0.05) is 25.8 Å². The molecule has 3 rings (SSSR count). The molecule has 1 saturated heterocycles. The second-order valence-electron chi connectivity index (χ2n) is 6.89. The first-order valence-corrected chi connectivity index (χ1v) is 9.61. The van der Waals surface area contributed by atoms with Gasteiger partial charge in [0.05, 0.1) is 10.4 Å². The summed E-state index contributed by atoms with van der Waals surface area (Å²) < 4.78 is 0. The summed E-state index contributed by atoms with van der Waals surface area (Å²) in [6.45, 7) is 6.09. The molecule has 0 aromatic carbocycles. The van der Waals surface area contributed by atoms with Crippen LogP contribution in [0.4, 0.5) is 0 Å². The average molecular weight is 370 g/mol. The number of H-pyrrole nitrogens is 1. The highest BCUT2D eigenvalue weighted by Crippen LogP contribution is 2.28. The summed E-state index contributed by atoms with van der Waals surface area (Å²) >= 11 is 1.50. The maximum absolute atomic E-state index is 12.8. The molecule has 1 unspecified atom stereocenters. The Morgan fingerprint density at radius 1 is 1.50 bits per heavy atom. The van der Waals surface area contributed by atoms with Gasteiger partial charge in [-0.15, -0.1) is 11.3 Å². The van der Waals surface area contributed by atoms with Gasteiger partial charge in [-0.25, -0.2) is 0 Å². The van der Waals surface area contributed by atoms with Gasteiger partial charge >= 0.3 is 0 Å². The van der Waals surface area contributed by atoms with Gasteiger partial charge in [-0.05, 0) is 41.3 Å². The molecular weight excluding hydrogens is 348 g/mol. The molecule has 0 radical (unpaired) electrons. The Labute approximate surface area is 156 Å². The molecule has 1 aliphatic heterocycles. The van der Waals surface area contributed by atoms with Gasteiger partial charge in [0.1, 0.15) is 11.8 Å². The number of carbonyl (C=O) groups is 2. The lowest BCUT2D eigenvalue weighted by atomic mass is 10.0. The summed E-state index contributed by atoms with van der Waals surface area (Å²) in [4.78, 5) is 30.4. The monoisotopic (exact) mass is 370 g/mol. The average Bonchev–Trinajstić information content (AvgIpc) is 3.38. The van der Waals surface area contributed by atoms with Crippen LogP contribution >= 0.6 is 11.3 Å². The van der Waals surface area contributed by atoms with Gasteiger partial charge in [-0.3, -0.25) is 9.59 Å². The summed E-state index contributed by atoms with van der Waals surface area (Å²) in [5, 5.41) is 13.7. The van der Waals surface area contributed by atoms with E-state index in [0.717, 1.165) is 23.4 Å². The zero-order valence-corrected chi connectivity index (χ0v) is 15.7. The highest BCUT2D eigenvalue weighted by atomic mass is 32.1. The fourth-order valence-corrected chi connectivity index (χ4v) is 4.22. The van der Waals surface area contributed by atoms with Crippen molar-refractivity contribution in [2.45, 2.75) is 26.2 Å². The summed E-state index contributed by atoms with van der Waals surface area (Å²) in [7, 11) is 0. The number of hydrogen-bond acceptors (Lipinski definition) is 4. The molecule has 2 aromatic rings. The molecule has 0 saturated carbocycles. The van der Waals surface area contributed by atoms with Crippen molar-refractivity contribution in [1.29, 1.82) is 5.26 Å². The van der Waals surface area contributed by atoms with E-state index in [4.69, 9.17) is 5.26 Å². The molecule has 136 valence electrons. The SMILES string of the molecule is CC(C)c1ccsc1C(=O)N1CCC(CNC(=O)c2cc(C#N)c[nH]2)C1. The summed E-state index contributed by atoms with van der Waals surface area (Å²) in [6.07, 6.45) is 2.39. The summed E-state index contributed by atoms with van der Waals surface area (Å²) in [5.74, 6) is 0.449. The quantitative estimate of drug-likeness (QED) is 0.848. The van der Waals surface area contributed by atoms with E-state index in [2.05, 4.69) is 24.1 Å². The normalized spacial score (nSPS) is 16.7. The van der Waals surface area contributed by atoms with E-state index in [1.54, 1.807) is 0 Å². The fourth-order valence-electron chi connectivity index (χ4n) is 3.20. The first-order valence-electron chi connectivity index (χ1n) is 8.73. The Morgan fingerprint density at radius 2 is 2.31 bits per heavy atom. The van der Waals surface area contributed by atoms with Crippen LogP contribution in [0.1, 0.15) is 57.5 Å². The van der Waals surface area contributed by atoms with Crippen molar-refractivity contribution in [3.8, 4) is 6.07 Å².